The number of rotatable bonds is 5. The van der Waals surface area contributed by atoms with Gasteiger partial charge >= 0.3 is 0 Å². The monoisotopic (exact) mass is 392 g/mol. The topological polar surface area (TPSA) is 85.3 Å². The van der Waals surface area contributed by atoms with Crippen LogP contribution < -0.4 is 10.5 Å². The van der Waals surface area contributed by atoms with Gasteiger partial charge in [0.25, 0.3) is 0 Å². The second-order valence-corrected chi connectivity index (χ2v) is 8.63. The fourth-order valence-corrected chi connectivity index (χ4v) is 5.36. The maximum Gasteiger partial charge on any atom is 0.245 e. The average Bonchev–Trinajstić information content (AvgIpc) is 2.91. The minimum Gasteiger partial charge on any atom is -0.452 e. The predicted octanol–water partition coefficient (Wildman–Crippen LogP) is 3.22. The zero-order valence-electron chi connectivity index (χ0n) is 11.9. The van der Waals surface area contributed by atoms with E-state index in [1.165, 1.54) is 6.07 Å². The molecule has 2 aromatic heterocycles. The molecular formula is C13H17BrN2O3S2. The normalized spacial score (nSPS) is 13.6. The van der Waals surface area contributed by atoms with Crippen molar-refractivity contribution in [2.45, 2.75) is 38.3 Å². The van der Waals surface area contributed by atoms with Crippen LogP contribution in [-0.2, 0) is 16.6 Å². The number of hydrogen-bond donors (Lipinski definition) is 2. The molecule has 0 aliphatic heterocycles. The fraction of sp³-hybridized carbons (Fsp3) is 0.385. The van der Waals surface area contributed by atoms with Crippen molar-refractivity contribution in [3.05, 3.63) is 37.9 Å². The standard InChI is InChI=1S/C13H17BrN2O3S2/c1-7-4-11(9(3)20-7)8(2)16-21(17,18)12-5-10(6-15)19-13(12)14/h4-5,8,16H,6,15H2,1-3H3. The van der Waals surface area contributed by atoms with Gasteiger partial charge in [-0.3, -0.25) is 0 Å². The number of nitrogens with one attached hydrogen (secondary N) is 1. The number of nitrogens with two attached hydrogens (primary N) is 1. The Hall–Kier alpha value is -0.670. The lowest BCUT2D eigenvalue weighted by atomic mass is 10.1. The number of furan rings is 1. The molecule has 0 bridgehead atoms. The maximum absolute atomic E-state index is 12.4. The van der Waals surface area contributed by atoms with E-state index in [1.807, 2.05) is 26.8 Å². The molecule has 2 heterocycles. The van der Waals surface area contributed by atoms with Crippen LogP contribution in [0.25, 0.3) is 0 Å². The van der Waals surface area contributed by atoms with Crippen LogP contribution in [0.1, 0.15) is 34.0 Å². The number of hydrogen-bond acceptors (Lipinski definition) is 5. The Morgan fingerprint density at radius 3 is 2.57 bits per heavy atom. The Kier molecular flexibility index (Phi) is 4.94. The van der Waals surface area contributed by atoms with E-state index in [4.69, 9.17) is 10.2 Å². The summed E-state index contributed by atoms with van der Waals surface area (Å²) >= 11 is 4.77. The van der Waals surface area contributed by atoms with E-state index in [1.54, 1.807) is 11.3 Å². The van der Waals surface area contributed by atoms with Crippen molar-refractivity contribution in [2.24, 2.45) is 5.73 Å². The predicted molar refractivity (Wildman–Crippen MR) is 86.8 cm³/mol. The molecule has 0 aliphatic carbocycles. The van der Waals surface area contributed by atoms with Crippen LogP contribution in [-0.4, -0.2) is 8.42 Å². The Labute approximate surface area is 136 Å². The molecule has 21 heavy (non-hydrogen) atoms. The molecule has 116 valence electrons. The molecule has 0 saturated heterocycles. The number of aryl methyl sites for hydroxylation is 2. The van der Waals surface area contributed by atoms with E-state index in [2.05, 4.69) is 20.7 Å². The SMILES string of the molecule is Cc1cc(C(C)NS(=O)(=O)c2cc(CN)oc2Br)c(C)s1. The van der Waals surface area contributed by atoms with Crippen LogP contribution in [0.3, 0.4) is 0 Å². The largest absolute Gasteiger partial charge is 0.452 e. The van der Waals surface area contributed by atoms with Gasteiger partial charge in [0.2, 0.25) is 10.0 Å². The average molecular weight is 393 g/mol. The Morgan fingerprint density at radius 1 is 1.43 bits per heavy atom. The first-order valence-electron chi connectivity index (χ1n) is 6.32. The summed E-state index contributed by atoms with van der Waals surface area (Å²) < 4.78 is 33.0. The smallest absolute Gasteiger partial charge is 0.245 e. The summed E-state index contributed by atoms with van der Waals surface area (Å²) in [5, 5.41) is 0. The highest BCUT2D eigenvalue weighted by atomic mass is 79.9. The third-order valence-corrected chi connectivity index (χ3v) is 6.45. The number of halogens is 1. The molecule has 3 N–H and O–H groups in total. The molecule has 2 rings (SSSR count). The summed E-state index contributed by atoms with van der Waals surface area (Å²) in [6, 6.07) is 3.12. The molecule has 0 aliphatic rings. The van der Waals surface area contributed by atoms with Crippen LogP contribution >= 0.6 is 27.3 Å². The number of thiophene rings is 1. The fourth-order valence-electron chi connectivity index (χ4n) is 2.12. The molecule has 5 nitrogen and oxygen atoms in total. The first-order valence-corrected chi connectivity index (χ1v) is 9.41. The van der Waals surface area contributed by atoms with Crippen molar-refractivity contribution in [3.8, 4) is 0 Å². The second-order valence-electron chi connectivity index (χ2n) is 4.77. The molecule has 0 radical (unpaired) electrons. The van der Waals surface area contributed by atoms with Gasteiger partial charge in [-0.05, 0) is 48.3 Å². The zero-order valence-corrected chi connectivity index (χ0v) is 15.2. The summed E-state index contributed by atoms with van der Waals surface area (Å²) in [5.74, 6) is 0.414. The van der Waals surface area contributed by atoms with Crippen LogP contribution in [0, 0.1) is 13.8 Å². The molecule has 8 heteroatoms. The maximum atomic E-state index is 12.4. The van der Waals surface area contributed by atoms with E-state index in [9.17, 15) is 8.42 Å². The van der Waals surface area contributed by atoms with Crippen LogP contribution in [0.15, 0.2) is 26.1 Å². The van der Waals surface area contributed by atoms with Gasteiger partial charge in [0.1, 0.15) is 10.7 Å². The van der Waals surface area contributed by atoms with Gasteiger partial charge in [0.15, 0.2) is 4.67 Å². The van der Waals surface area contributed by atoms with E-state index in [-0.39, 0.29) is 22.2 Å². The minimum absolute atomic E-state index is 0.0689. The molecule has 1 atom stereocenters. The van der Waals surface area contributed by atoms with Crippen molar-refractivity contribution in [3.63, 3.8) is 0 Å². The molecule has 0 saturated carbocycles. The van der Waals surface area contributed by atoms with Crippen molar-refractivity contribution < 1.29 is 12.8 Å². The van der Waals surface area contributed by atoms with Crippen molar-refractivity contribution in [1.82, 2.24) is 4.72 Å². The first kappa shape index (κ1) is 16.7. The highest BCUT2D eigenvalue weighted by Crippen LogP contribution is 2.30. The first-order chi connectivity index (χ1) is 9.74. The van der Waals surface area contributed by atoms with E-state index >= 15 is 0 Å². The molecular weight excluding hydrogens is 376 g/mol. The lowest BCUT2D eigenvalue weighted by Gasteiger charge is -2.13. The van der Waals surface area contributed by atoms with E-state index < -0.39 is 10.0 Å². The molecule has 1 unspecified atom stereocenters. The quantitative estimate of drug-likeness (QED) is 0.817. The van der Waals surface area contributed by atoms with Gasteiger partial charge in [0, 0.05) is 21.9 Å². The van der Waals surface area contributed by atoms with E-state index in [0.717, 1.165) is 15.3 Å². The minimum atomic E-state index is -3.68. The lowest BCUT2D eigenvalue weighted by Crippen LogP contribution is -2.27. The molecule has 2 aromatic rings. The van der Waals surface area contributed by atoms with Crippen molar-refractivity contribution in [2.75, 3.05) is 0 Å². The highest BCUT2D eigenvalue weighted by molar-refractivity contribution is 9.10. The van der Waals surface area contributed by atoms with Crippen LogP contribution in [0.5, 0.6) is 0 Å². The van der Waals surface area contributed by atoms with Gasteiger partial charge < -0.3 is 10.2 Å². The summed E-state index contributed by atoms with van der Waals surface area (Å²) in [4.78, 5) is 2.33. The van der Waals surface area contributed by atoms with Crippen molar-refractivity contribution in [1.29, 1.82) is 0 Å². The summed E-state index contributed by atoms with van der Waals surface area (Å²) in [7, 11) is -3.68. The third-order valence-electron chi connectivity index (χ3n) is 3.08. The Bertz CT molecular complexity index is 750. The van der Waals surface area contributed by atoms with Gasteiger partial charge in [-0.1, -0.05) is 0 Å². The number of sulfonamides is 1. The second kappa shape index (κ2) is 6.21. The van der Waals surface area contributed by atoms with Crippen LogP contribution in [0.2, 0.25) is 0 Å². The summed E-state index contributed by atoms with van der Waals surface area (Å²) in [6.45, 7) is 5.96. The summed E-state index contributed by atoms with van der Waals surface area (Å²) in [6.07, 6.45) is 0. The van der Waals surface area contributed by atoms with Crippen molar-refractivity contribution >= 4 is 37.3 Å². The Balaban J connectivity index is 2.28. The molecule has 0 amide bonds. The molecule has 0 aromatic carbocycles. The zero-order chi connectivity index (χ0) is 15.8. The Morgan fingerprint density at radius 2 is 2.10 bits per heavy atom. The molecule has 0 spiro atoms. The summed E-state index contributed by atoms with van der Waals surface area (Å²) in [5.41, 5.74) is 6.45. The highest BCUT2D eigenvalue weighted by Gasteiger charge is 2.25. The van der Waals surface area contributed by atoms with E-state index in [0.29, 0.717) is 5.76 Å². The lowest BCUT2D eigenvalue weighted by molar-refractivity contribution is 0.483. The van der Waals surface area contributed by atoms with Gasteiger partial charge in [-0.25, -0.2) is 13.1 Å². The van der Waals surface area contributed by atoms with Gasteiger partial charge in [-0.15, -0.1) is 11.3 Å². The third kappa shape index (κ3) is 3.57. The van der Waals surface area contributed by atoms with Crippen LogP contribution in [0.4, 0.5) is 0 Å². The molecule has 0 fully saturated rings. The van der Waals surface area contributed by atoms with Gasteiger partial charge in [-0.2, -0.15) is 0 Å². The van der Waals surface area contributed by atoms with Gasteiger partial charge in [0.05, 0.1) is 6.54 Å².